The van der Waals surface area contributed by atoms with Gasteiger partial charge in [-0.15, -0.1) is 0 Å². The highest BCUT2D eigenvalue weighted by molar-refractivity contribution is 5.80. The zero-order valence-electron chi connectivity index (χ0n) is 11.3. The molecule has 0 amide bonds. The molecule has 100 valence electrons. The largest absolute Gasteiger partial charge is 0.409 e. The molecule has 1 aliphatic rings. The molecule has 1 saturated carbocycles. The van der Waals surface area contributed by atoms with Gasteiger partial charge in [-0.2, -0.15) is 0 Å². The molecule has 4 atom stereocenters. The maximum Gasteiger partial charge on any atom is 0.140 e. The lowest BCUT2D eigenvalue weighted by Crippen LogP contribution is -2.45. The van der Waals surface area contributed by atoms with Crippen LogP contribution in [0.1, 0.15) is 52.9 Å². The van der Waals surface area contributed by atoms with Crippen molar-refractivity contribution in [2.45, 2.75) is 65.0 Å². The average molecular weight is 241 g/mol. The molecule has 0 aromatic rings. The third kappa shape index (κ3) is 4.54. The molecule has 4 heteroatoms. The van der Waals surface area contributed by atoms with Crippen molar-refractivity contribution >= 4 is 5.84 Å². The summed E-state index contributed by atoms with van der Waals surface area (Å²) in [5.74, 6) is 1.90. The fraction of sp³-hybridized carbons (Fsp3) is 0.923. The molecule has 1 aliphatic carbocycles. The molecule has 0 radical (unpaired) electrons. The molecule has 0 heterocycles. The smallest absolute Gasteiger partial charge is 0.140 e. The second kappa shape index (κ2) is 6.84. The fourth-order valence-electron chi connectivity index (χ4n) is 2.83. The summed E-state index contributed by atoms with van der Waals surface area (Å²) in [4.78, 5) is 0. The van der Waals surface area contributed by atoms with Crippen molar-refractivity contribution in [1.82, 2.24) is 5.32 Å². The van der Waals surface area contributed by atoms with Crippen LogP contribution in [-0.2, 0) is 0 Å². The SMILES string of the molecule is CCC(CC(N)=NO)NC1CCC(C)CC1C. The Kier molecular flexibility index (Phi) is 5.75. The van der Waals surface area contributed by atoms with E-state index in [1.54, 1.807) is 0 Å². The molecule has 4 nitrogen and oxygen atoms in total. The predicted octanol–water partition coefficient (Wildman–Crippen LogP) is 2.32. The minimum absolute atomic E-state index is 0.321. The number of nitrogens with two attached hydrogens (primary N) is 1. The van der Waals surface area contributed by atoms with Gasteiger partial charge in [-0.25, -0.2) is 0 Å². The number of oxime groups is 1. The van der Waals surface area contributed by atoms with E-state index in [9.17, 15) is 0 Å². The number of nitrogens with zero attached hydrogens (tertiary/aromatic N) is 1. The molecule has 0 aliphatic heterocycles. The number of nitrogens with one attached hydrogen (secondary N) is 1. The third-order valence-corrected chi connectivity index (χ3v) is 3.96. The van der Waals surface area contributed by atoms with Gasteiger partial charge in [0, 0.05) is 18.5 Å². The highest BCUT2D eigenvalue weighted by atomic mass is 16.4. The molecule has 1 rings (SSSR count). The maximum absolute atomic E-state index is 8.61. The zero-order valence-corrected chi connectivity index (χ0v) is 11.3. The van der Waals surface area contributed by atoms with Crippen LogP contribution in [0.4, 0.5) is 0 Å². The molecule has 4 N–H and O–H groups in total. The second-order valence-corrected chi connectivity index (χ2v) is 5.57. The van der Waals surface area contributed by atoms with Crippen LogP contribution in [0.25, 0.3) is 0 Å². The van der Waals surface area contributed by atoms with Crippen LogP contribution in [-0.4, -0.2) is 23.1 Å². The fourth-order valence-corrected chi connectivity index (χ4v) is 2.83. The Morgan fingerprint density at radius 3 is 2.71 bits per heavy atom. The van der Waals surface area contributed by atoms with Crippen molar-refractivity contribution in [3.05, 3.63) is 0 Å². The molecule has 0 aromatic carbocycles. The molecular formula is C13H27N3O. The topological polar surface area (TPSA) is 70.6 Å². The summed E-state index contributed by atoms with van der Waals surface area (Å²) in [6, 6.07) is 0.911. The van der Waals surface area contributed by atoms with E-state index in [2.05, 4.69) is 31.2 Å². The minimum Gasteiger partial charge on any atom is -0.409 e. The third-order valence-electron chi connectivity index (χ3n) is 3.96. The van der Waals surface area contributed by atoms with E-state index >= 15 is 0 Å². The van der Waals surface area contributed by atoms with Crippen LogP contribution >= 0.6 is 0 Å². The number of hydrogen-bond donors (Lipinski definition) is 3. The van der Waals surface area contributed by atoms with E-state index in [1.807, 2.05) is 0 Å². The first kappa shape index (κ1) is 14.3. The van der Waals surface area contributed by atoms with E-state index < -0.39 is 0 Å². The Morgan fingerprint density at radius 1 is 1.47 bits per heavy atom. The lowest BCUT2D eigenvalue weighted by atomic mass is 9.79. The first-order chi connectivity index (χ1) is 8.06. The standard InChI is InChI=1S/C13H27N3O/c1-4-11(8-13(14)16-17)15-12-6-5-9(2)7-10(12)3/h9-12,15,17H,4-8H2,1-3H3,(H2,14,16). The van der Waals surface area contributed by atoms with Crippen LogP contribution in [0.2, 0.25) is 0 Å². The van der Waals surface area contributed by atoms with Gasteiger partial charge in [-0.1, -0.05) is 25.9 Å². The van der Waals surface area contributed by atoms with Gasteiger partial charge in [0.2, 0.25) is 0 Å². The minimum atomic E-state index is 0.321. The van der Waals surface area contributed by atoms with Crippen molar-refractivity contribution < 1.29 is 5.21 Å². The molecular weight excluding hydrogens is 214 g/mol. The average Bonchev–Trinajstić information content (AvgIpc) is 2.31. The molecule has 4 unspecified atom stereocenters. The first-order valence-electron chi connectivity index (χ1n) is 6.79. The highest BCUT2D eigenvalue weighted by Gasteiger charge is 2.26. The second-order valence-electron chi connectivity index (χ2n) is 5.57. The quantitative estimate of drug-likeness (QED) is 0.299. The summed E-state index contributed by atoms with van der Waals surface area (Å²) in [5.41, 5.74) is 5.57. The van der Waals surface area contributed by atoms with Gasteiger partial charge in [-0.05, 0) is 37.5 Å². The molecule has 0 spiro atoms. The molecule has 17 heavy (non-hydrogen) atoms. The van der Waals surface area contributed by atoms with E-state index in [0.29, 0.717) is 24.3 Å². The lowest BCUT2D eigenvalue weighted by Gasteiger charge is -2.35. The summed E-state index contributed by atoms with van der Waals surface area (Å²) >= 11 is 0. The Hall–Kier alpha value is -0.770. The monoisotopic (exact) mass is 241 g/mol. The molecule has 0 saturated heterocycles. The number of hydrogen-bond acceptors (Lipinski definition) is 3. The van der Waals surface area contributed by atoms with Crippen molar-refractivity contribution in [2.75, 3.05) is 0 Å². The van der Waals surface area contributed by atoms with Gasteiger partial charge in [0.05, 0.1) is 0 Å². The number of amidine groups is 1. The van der Waals surface area contributed by atoms with Gasteiger partial charge in [0.1, 0.15) is 5.84 Å². The lowest BCUT2D eigenvalue weighted by molar-refractivity contribution is 0.212. The van der Waals surface area contributed by atoms with Gasteiger partial charge in [0.25, 0.3) is 0 Å². The van der Waals surface area contributed by atoms with Crippen molar-refractivity contribution in [1.29, 1.82) is 0 Å². The van der Waals surface area contributed by atoms with Crippen molar-refractivity contribution in [3.63, 3.8) is 0 Å². The summed E-state index contributed by atoms with van der Waals surface area (Å²) in [5, 5.41) is 15.3. The first-order valence-corrected chi connectivity index (χ1v) is 6.79. The van der Waals surface area contributed by atoms with E-state index in [4.69, 9.17) is 10.9 Å². The van der Waals surface area contributed by atoms with E-state index in [-0.39, 0.29) is 0 Å². The van der Waals surface area contributed by atoms with E-state index in [1.165, 1.54) is 19.3 Å². The van der Waals surface area contributed by atoms with Gasteiger partial charge in [0.15, 0.2) is 0 Å². The summed E-state index contributed by atoms with van der Waals surface area (Å²) in [6.07, 6.45) is 5.50. The summed E-state index contributed by atoms with van der Waals surface area (Å²) in [6.45, 7) is 6.79. The van der Waals surface area contributed by atoms with Gasteiger partial charge in [-0.3, -0.25) is 0 Å². The predicted molar refractivity (Wildman–Crippen MR) is 71.2 cm³/mol. The van der Waals surface area contributed by atoms with Crippen LogP contribution in [0, 0.1) is 11.8 Å². The molecule has 1 fully saturated rings. The van der Waals surface area contributed by atoms with E-state index in [0.717, 1.165) is 18.3 Å². The van der Waals surface area contributed by atoms with Crippen LogP contribution < -0.4 is 11.1 Å². The Balaban J connectivity index is 2.45. The Bertz CT molecular complexity index is 255. The summed E-state index contributed by atoms with van der Waals surface area (Å²) in [7, 11) is 0. The highest BCUT2D eigenvalue weighted by Crippen LogP contribution is 2.29. The van der Waals surface area contributed by atoms with Crippen LogP contribution in [0.3, 0.4) is 0 Å². The molecule has 0 aromatic heterocycles. The maximum atomic E-state index is 8.61. The van der Waals surface area contributed by atoms with Gasteiger partial charge >= 0.3 is 0 Å². The van der Waals surface area contributed by atoms with Crippen LogP contribution in [0.15, 0.2) is 5.16 Å². The Morgan fingerprint density at radius 2 is 2.18 bits per heavy atom. The van der Waals surface area contributed by atoms with Gasteiger partial charge < -0.3 is 16.3 Å². The summed E-state index contributed by atoms with van der Waals surface area (Å²) < 4.78 is 0. The molecule has 0 bridgehead atoms. The Labute approximate surface area is 105 Å². The number of rotatable bonds is 5. The zero-order chi connectivity index (χ0) is 12.8. The normalized spacial score (nSPS) is 32.4. The van der Waals surface area contributed by atoms with Crippen molar-refractivity contribution in [3.8, 4) is 0 Å². The van der Waals surface area contributed by atoms with Crippen molar-refractivity contribution in [2.24, 2.45) is 22.7 Å². The van der Waals surface area contributed by atoms with Crippen LogP contribution in [0.5, 0.6) is 0 Å².